The zero-order valence-corrected chi connectivity index (χ0v) is 14.5. The Morgan fingerprint density at radius 1 is 1.04 bits per heavy atom. The van der Waals surface area contributed by atoms with Gasteiger partial charge in [0.15, 0.2) is 5.76 Å². The molecule has 0 radical (unpaired) electrons. The van der Waals surface area contributed by atoms with E-state index in [9.17, 15) is 9.59 Å². The van der Waals surface area contributed by atoms with E-state index in [1.807, 2.05) is 0 Å². The summed E-state index contributed by atoms with van der Waals surface area (Å²) in [6, 6.07) is 10.2. The van der Waals surface area contributed by atoms with Crippen LogP contribution in [0, 0.1) is 0 Å². The average molecular weight is 369 g/mol. The van der Waals surface area contributed by atoms with E-state index >= 15 is 0 Å². The zero-order valence-electron chi connectivity index (χ0n) is 14.5. The second kappa shape index (κ2) is 8.00. The fourth-order valence-corrected chi connectivity index (χ4v) is 2.12. The third-order valence-corrected chi connectivity index (χ3v) is 3.44. The number of hydrogen-bond donors (Lipinski definition) is 1. The Hall–Kier alpha value is -3.88. The maximum atomic E-state index is 11.8. The highest BCUT2D eigenvalue weighted by Crippen LogP contribution is 2.25. The van der Waals surface area contributed by atoms with Gasteiger partial charge in [-0.1, -0.05) is 0 Å². The highest BCUT2D eigenvalue weighted by molar-refractivity contribution is 5.98. The second-order valence-corrected chi connectivity index (χ2v) is 5.16. The lowest BCUT2D eigenvalue weighted by Crippen LogP contribution is -2.15. The summed E-state index contributed by atoms with van der Waals surface area (Å²) < 4.78 is 20.0. The van der Waals surface area contributed by atoms with Gasteiger partial charge in [0.25, 0.3) is 5.89 Å². The molecule has 0 bridgehead atoms. The molecule has 0 atom stereocenters. The molecule has 2 heterocycles. The van der Waals surface area contributed by atoms with Crippen LogP contribution >= 0.6 is 0 Å². The minimum absolute atomic E-state index is 0.0602. The molecule has 0 saturated carbocycles. The normalized spacial score (nSPS) is 11.1. The summed E-state index contributed by atoms with van der Waals surface area (Å²) in [7, 11) is 2.42. The number of aromatic nitrogens is 2. The fourth-order valence-electron chi connectivity index (χ4n) is 2.12. The summed E-state index contributed by atoms with van der Waals surface area (Å²) in [4.78, 5) is 23.2. The zero-order chi connectivity index (χ0) is 19.2. The summed E-state index contributed by atoms with van der Waals surface area (Å²) in [5.74, 6) is -0.333. The average Bonchev–Trinajstić information content (AvgIpc) is 3.38. The van der Waals surface area contributed by atoms with Crippen LogP contribution in [0.1, 0.15) is 0 Å². The molecule has 0 aliphatic heterocycles. The van der Waals surface area contributed by atoms with Gasteiger partial charge in [0, 0.05) is 11.3 Å². The molecular formula is C18H15N3O6. The number of nitrogens with one attached hydrogen (secondary N) is 1. The molecule has 2 aromatic heterocycles. The monoisotopic (exact) mass is 369 g/mol. The summed E-state index contributed by atoms with van der Waals surface area (Å²) in [5, 5.41) is 10.7. The maximum Gasteiger partial charge on any atom is 0.354 e. The molecule has 1 N–H and O–H groups in total. The standard InChI is InChI=1S/C18H15N3O6/c1-24-15(22)10-13(18(23)25-2)19-12-7-5-11(6-8-12)16-20-21-17(27-16)14-4-3-9-26-14/h3-10,19H,1-2H3/b13-10+. The summed E-state index contributed by atoms with van der Waals surface area (Å²) in [5.41, 5.74) is 1.16. The van der Waals surface area contributed by atoms with Crippen LogP contribution in [0.4, 0.5) is 5.69 Å². The van der Waals surface area contributed by atoms with E-state index in [2.05, 4.69) is 25.0 Å². The first kappa shape index (κ1) is 17.9. The Morgan fingerprint density at radius 3 is 2.41 bits per heavy atom. The van der Waals surface area contributed by atoms with Crippen molar-refractivity contribution in [1.82, 2.24) is 10.2 Å². The third kappa shape index (κ3) is 4.21. The number of hydrogen-bond acceptors (Lipinski definition) is 9. The number of benzene rings is 1. The number of esters is 2. The van der Waals surface area contributed by atoms with E-state index in [0.29, 0.717) is 22.9 Å². The molecule has 0 amide bonds. The lowest BCUT2D eigenvalue weighted by Gasteiger charge is -2.09. The van der Waals surface area contributed by atoms with Crippen LogP contribution < -0.4 is 5.32 Å². The molecule has 0 saturated heterocycles. The first-order valence-corrected chi connectivity index (χ1v) is 7.73. The summed E-state index contributed by atoms with van der Waals surface area (Å²) >= 11 is 0. The SMILES string of the molecule is COC(=O)/C=C(/Nc1ccc(-c2nnc(-c3ccco3)o2)cc1)C(=O)OC. The van der Waals surface area contributed by atoms with E-state index in [-0.39, 0.29) is 11.6 Å². The molecule has 0 aliphatic carbocycles. The van der Waals surface area contributed by atoms with Crippen molar-refractivity contribution in [2.24, 2.45) is 0 Å². The van der Waals surface area contributed by atoms with Crippen LogP contribution in [0.5, 0.6) is 0 Å². The topological polar surface area (TPSA) is 117 Å². The van der Waals surface area contributed by atoms with Crippen LogP contribution in [0.2, 0.25) is 0 Å². The molecule has 0 spiro atoms. The van der Waals surface area contributed by atoms with Gasteiger partial charge in [-0.25, -0.2) is 9.59 Å². The molecule has 27 heavy (non-hydrogen) atoms. The number of methoxy groups -OCH3 is 2. The van der Waals surface area contributed by atoms with Gasteiger partial charge in [0.2, 0.25) is 5.89 Å². The molecule has 3 aromatic rings. The Labute approximate surface area is 153 Å². The number of carbonyl (C=O) groups is 2. The smallest absolute Gasteiger partial charge is 0.354 e. The van der Waals surface area contributed by atoms with Crippen molar-refractivity contribution < 1.29 is 27.9 Å². The number of carbonyl (C=O) groups excluding carboxylic acids is 2. The molecule has 1 aromatic carbocycles. The van der Waals surface area contributed by atoms with Gasteiger partial charge >= 0.3 is 11.9 Å². The van der Waals surface area contributed by atoms with Crippen molar-refractivity contribution in [3.63, 3.8) is 0 Å². The Morgan fingerprint density at radius 2 is 1.78 bits per heavy atom. The van der Waals surface area contributed by atoms with Crippen LogP contribution in [0.25, 0.3) is 23.1 Å². The predicted octanol–water partition coefficient (Wildman–Crippen LogP) is 2.64. The molecule has 3 rings (SSSR count). The molecule has 138 valence electrons. The molecule has 9 heteroatoms. The van der Waals surface area contributed by atoms with Crippen LogP contribution in [0.15, 0.2) is 63.3 Å². The van der Waals surface area contributed by atoms with Crippen molar-refractivity contribution in [2.45, 2.75) is 0 Å². The number of furan rings is 1. The van der Waals surface area contributed by atoms with E-state index < -0.39 is 11.9 Å². The summed E-state index contributed by atoms with van der Waals surface area (Å²) in [6.45, 7) is 0. The Kier molecular flexibility index (Phi) is 5.31. The lowest BCUT2D eigenvalue weighted by molar-refractivity contribution is -0.138. The van der Waals surface area contributed by atoms with Crippen molar-refractivity contribution in [1.29, 1.82) is 0 Å². The second-order valence-electron chi connectivity index (χ2n) is 5.16. The van der Waals surface area contributed by atoms with E-state index in [1.165, 1.54) is 20.5 Å². The van der Waals surface area contributed by atoms with E-state index in [1.54, 1.807) is 36.4 Å². The third-order valence-electron chi connectivity index (χ3n) is 3.44. The maximum absolute atomic E-state index is 11.8. The van der Waals surface area contributed by atoms with Crippen LogP contribution in [-0.4, -0.2) is 36.4 Å². The molecule has 0 fully saturated rings. The van der Waals surface area contributed by atoms with Crippen molar-refractivity contribution in [3.05, 3.63) is 54.4 Å². The number of rotatable bonds is 6. The van der Waals surface area contributed by atoms with Gasteiger partial charge < -0.3 is 23.6 Å². The fraction of sp³-hybridized carbons (Fsp3) is 0.111. The van der Waals surface area contributed by atoms with Crippen LogP contribution in [-0.2, 0) is 19.1 Å². The Balaban J connectivity index is 1.77. The molecule has 9 nitrogen and oxygen atoms in total. The first-order valence-electron chi connectivity index (χ1n) is 7.73. The van der Waals surface area contributed by atoms with Gasteiger partial charge in [-0.2, -0.15) is 0 Å². The number of nitrogens with zero attached hydrogens (tertiary/aromatic N) is 2. The van der Waals surface area contributed by atoms with E-state index in [0.717, 1.165) is 6.08 Å². The van der Waals surface area contributed by atoms with Gasteiger partial charge in [-0.3, -0.25) is 0 Å². The van der Waals surface area contributed by atoms with Gasteiger partial charge in [0.1, 0.15) is 5.70 Å². The predicted molar refractivity (Wildman–Crippen MR) is 93.2 cm³/mol. The minimum Gasteiger partial charge on any atom is -0.466 e. The molecule has 0 aliphatic rings. The Bertz CT molecular complexity index is 957. The van der Waals surface area contributed by atoms with Crippen molar-refractivity contribution >= 4 is 17.6 Å². The highest BCUT2D eigenvalue weighted by Gasteiger charge is 2.14. The van der Waals surface area contributed by atoms with Gasteiger partial charge in [-0.15, -0.1) is 10.2 Å². The van der Waals surface area contributed by atoms with Gasteiger partial charge in [-0.05, 0) is 36.4 Å². The first-order chi connectivity index (χ1) is 13.1. The van der Waals surface area contributed by atoms with Crippen LogP contribution in [0.3, 0.4) is 0 Å². The number of ether oxygens (including phenoxy) is 2. The number of anilines is 1. The molecule has 0 unspecified atom stereocenters. The quantitative estimate of drug-likeness (QED) is 0.517. The van der Waals surface area contributed by atoms with Gasteiger partial charge in [0.05, 0.1) is 26.6 Å². The van der Waals surface area contributed by atoms with E-state index in [4.69, 9.17) is 8.83 Å². The highest BCUT2D eigenvalue weighted by atomic mass is 16.5. The molecular weight excluding hydrogens is 354 g/mol. The lowest BCUT2D eigenvalue weighted by atomic mass is 10.2. The minimum atomic E-state index is -0.704. The largest absolute Gasteiger partial charge is 0.466 e. The van der Waals surface area contributed by atoms with Crippen molar-refractivity contribution in [3.8, 4) is 23.1 Å². The van der Waals surface area contributed by atoms with Crippen molar-refractivity contribution in [2.75, 3.05) is 19.5 Å². The summed E-state index contributed by atoms with van der Waals surface area (Å²) in [6.07, 6.45) is 2.52.